The van der Waals surface area contributed by atoms with Crippen molar-refractivity contribution in [2.24, 2.45) is 0 Å². The molecular weight excluding hydrogens is 266 g/mol. The van der Waals surface area contributed by atoms with Gasteiger partial charge in [0.1, 0.15) is 6.04 Å². The fourth-order valence-electron chi connectivity index (χ4n) is 3.02. The third-order valence-corrected chi connectivity index (χ3v) is 3.93. The molecule has 1 N–H and O–H groups in total. The first-order valence-electron chi connectivity index (χ1n) is 7.06. The van der Waals surface area contributed by atoms with E-state index in [1.165, 1.54) is 0 Å². The maximum atomic E-state index is 11.5. The number of hydrogen-bond donors (Lipinski definition) is 1. The van der Waals surface area contributed by atoms with E-state index in [2.05, 4.69) is 14.9 Å². The molecule has 0 bridgehead atoms. The normalized spacial score (nSPS) is 20.3. The zero-order valence-corrected chi connectivity index (χ0v) is 11.6. The first kappa shape index (κ1) is 13.7. The van der Waals surface area contributed by atoms with Gasteiger partial charge in [-0.2, -0.15) is 0 Å². The lowest BCUT2D eigenvalue weighted by atomic mass is 9.98. The highest BCUT2D eigenvalue weighted by Gasteiger charge is 2.36. The number of pyridine rings is 2. The molecule has 0 aromatic carbocycles. The molecule has 2 aromatic rings. The Morgan fingerprint density at radius 2 is 2.00 bits per heavy atom. The van der Waals surface area contributed by atoms with E-state index < -0.39 is 12.0 Å². The summed E-state index contributed by atoms with van der Waals surface area (Å²) in [4.78, 5) is 21.8. The predicted octanol–water partition coefficient (Wildman–Crippen LogP) is 2.12. The highest BCUT2D eigenvalue weighted by Crippen LogP contribution is 2.34. The summed E-state index contributed by atoms with van der Waals surface area (Å²) in [6, 6.07) is 7.22. The van der Waals surface area contributed by atoms with Crippen LogP contribution in [0.2, 0.25) is 0 Å². The highest BCUT2D eigenvalue weighted by molar-refractivity contribution is 5.74. The van der Waals surface area contributed by atoms with Crippen LogP contribution in [0.15, 0.2) is 49.1 Å². The lowest BCUT2D eigenvalue weighted by Crippen LogP contribution is -2.39. The monoisotopic (exact) mass is 283 g/mol. The minimum atomic E-state index is -0.754. The van der Waals surface area contributed by atoms with Gasteiger partial charge in [0, 0.05) is 31.3 Å². The summed E-state index contributed by atoms with van der Waals surface area (Å²) in [6.45, 7) is 0.777. The molecule has 2 unspecified atom stereocenters. The smallest absolute Gasteiger partial charge is 0.320 e. The van der Waals surface area contributed by atoms with Gasteiger partial charge >= 0.3 is 5.97 Å². The van der Waals surface area contributed by atoms with Gasteiger partial charge in [0.15, 0.2) is 0 Å². The first-order chi connectivity index (χ1) is 10.3. The number of rotatable bonds is 4. The summed E-state index contributed by atoms with van der Waals surface area (Å²) in [5.74, 6) is -0.754. The molecule has 0 spiro atoms. The zero-order valence-electron chi connectivity index (χ0n) is 11.6. The molecule has 1 aliphatic heterocycles. The molecule has 2 atom stereocenters. The quantitative estimate of drug-likeness (QED) is 0.931. The Bertz CT molecular complexity index is 564. The molecule has 2 aromatic heterocycles. The van der Waals surface area contributed by atoms with E-state index in [1.54, 1.807) is 18.6 Å². The predicted molar refractivity (Wildman–Crippen MR) is 77.7 cm³/mol. The van der Waals surface area contributed by atoms with E-state index in [1.807, 2.05) is 30.5 Å². The highest BCUT2D eigenvalue weighted by atomic mass is 16.4. The summed E-state index contributed by atoms with van der Waals surface area (Å²) in [5.41, 5.74) is 2.06. The third-order valence-electron chi connectivity index (χ3n) is 3.93. The molecular formula is C16H17N3O2. The minimum absolute atomic E-state index is 0.0923. The maximum absolute atomic E-state index is 11.5. The van der Waals surface area contributed by atoms with Gasteiger partial charge in [0.05, 0.1) is 6.04 Å². The standard InChI is InChI=1S/C16H17N3O2/c20-16(21)14-4-2-10-19(14)15(12-5-8-17-9-6-12)13-3-1-7-18-11-13/h1,3,5-9,11,14-15H,2,4,10H2,(H,20,21). The van der Waals surface area contributed by atoms with E-state index in [4.69, 9.17) is 0 Å². The van der Waals surface area contributed by atoms with Gasteiger partial charge in [-0.3, -0.25) is 19.7 Å². The van der Waals surface area contributed by atoms with E-state index in [0.717, 1.165) is 24.1 Å². The minimum Gasteiger partial charge on any atom is -0.480 e. The van der Waals surface area contributed by atoms with Crippen LogP contribution in [0, 0.1) is 0 Å². The van der Waals surface area contributed by atoms with Crippen LogP contribution in [0.4, 0.5) is 0 Å². The molecule has 0 aliphatic carbocycles. The summed E-state index contributed by atoms with van der Waals surface area (Å²) in [5, 5.41) is 9.46. The Hall–Kier alpha value is -2.27. The van der Waals surface area contributed by atoms with Gasteiger partial charge in [-0.25, -0.2) is 0 Å². The van der Waals surface area contributed by atoms with Gasteiger partial charge in [0.2, 0.25) is 0 Å². The Morgan fingerprint density at radius 1 is 1.19 bits per heavy atom. The largest absolute Gasteiger partial charge is 0.480 e. The second-order valence-corrected chi connectivity index (χ2v) is 5.20. The fraction of sp³-hybridized carbons (Fsp3) is 0.312. The van der Waals surface area contributed by atoms with Gasteiger partial charge < -0.3 is 5.11 Å². The van der Waals surface area contributed by atoms with Crippen LogP contribution < -0.4 is 0 Å². The van der Waals surface area contributed by atoms with E-state index >= 15 is 0 Å². The molecule has 3 rings (SSSR count). The lowest BCUT2D eigenvalue weighted by molar-refractivity contribution is -0.142. The SMILES string of the molecule is O=C(O)C1CCCN1C(c1ccncc1)c1cccnc1. The molecule has 5 heteroatoms. The van der Waals surface area contributed by atoms with Gasteiger partial charge in [-0.1, -0.05) is 6.07 Å². The van der Waals surface area contributed by atoms with Crippen LogP contribution in [0.3, 0.4) is 0 Å². The first-order valence-corrected chi connectivity index (χ1v) is 7.06. The summed E-state index contributed by atoms with van der Waals surface area (Å²) < 4.78 is 0. The van der Waals surface area contributed by atoms with Crippen LogP contribution in [-0.2, 0) is 4.79 Å². The van der Waals surface area contributed by atoms with Crippen molar-refractivity contribution in [3.8, 4) is 0 Å². The molecule has 1 aliphatic rings. The average Bonchev–Trinajstić information content (AvgIpc) is 2.99. The van der Waals surface area contributed by atoms with Crippen molar-refractivity contribution in [1.29, 1.82) is 0 Å². The lowest BCUT2D eigenvalue weighted by Gasteiger charge is -2.31. The zero-order chi connectivity index (χ0) is 14.7. The van der Waals surface area contributed by atoms with Crippen molar-refractivity contribution in [2.45, 2.75) is 24.9 Å². The number of nitrogens with zero attached hydrogens (tertiary/aromatic N) is 3. The van der Waals surface area contributed by atoms with Crippen molar-refractivity contribution in [1.82, 2.24) is 14.9 Å². The number of hydrogen-bond acceptors (Lipinski definition) is 4. The van der Waals surface area contributed by atoms with Crippen LogP contribution in [0.1, 0.15) is 30.0 Å². The second-order valence-electron chi connectivity index (χ2n) is 5.20. The van der Waals surface area contributed by atoms with Crippen LogP contribution in [-0.4, -0.2) is 38.5 Å². The second kappa shape index (κ2) is 6.01. The summed E-state index contributed by atoms with van der Waals surface area (Å²) in [7, 11) is 0. The number of aliphatic carboxylic acids is 1. The number of aromatic nitrogens is 2. The average molecular weight is 283 g/mol. The topological polar surface area (TPSA) is 66.3 Å². The van der Waals surface area contributed by atoms with Crippen molar-refractivity contribution in [3.05, 3.63) is 60.2 Å². The molecule has 1 saturated heterocycles. The molecule has 3 heterocycles. The molecule has 1 fully saturated rings. The summed E-state index contributed by atoms with van der Waals surface area (Å²) >= 11 is 0. The van der Waals surface area contributed by atoms with Crippen molar-refractivity contribution < 1.29 is 9.90 Å². The Morgan fingerprint density at radius 3 is 2.67 bits per heavy atom. The Balaban J connectivity index is 2.03. The van der Waals surface area contributed by atoms with Gasteiger partial charge in [-0.15, -0.1) is 0 Å². The number of likely N-dealkylation sites (tertiary alicyclic amines) is 1. The summed E-state index contributed by atoms with van der Waals surface area (Å²) in [6.07, 6.45) is 8.61. The third kappa shape index (κ3) is 2.78. The van der Waals surface area contributed by atoms with E-state index in [0.29, 0.717) is 6.42 Å². The van der Waals surface area contributed by atoms with Crippen molar-refractivity contribution in [2.75, 3.05) is 6.54 Å². The van der Waals surface area contributed by atoms with E-state index in [9.17, 15) is 9.90 Å². The van der Waals surface area contributed by atoms with Crippen molar-refractivity contribution >= 4 is 5.97 Å². The molecule has 0 radical (unpaired) electrons. The Labute approximate surface area is 123 Å². The number of carboxylic acids is 1. The molecule has 21 heavy (non-hydrogen) atoms. The van der Waals surface area contributed by atoms with Crippen LogP contribution in [0.5, 0.6) is 0 Å². The number of carboxylic acid groups (broad SMARTS) is 1. The van der Waals surface area contributed by atoms with Crippen molar-refractivity contribution in [3.63, 3.8) is 0 Å². The van der Waals surface area contributed by atoms with Crippen LogP contribution >= 0.6 is 0 Å². The fourth-order valence-corrected chi connectivity index (χ4v) is 3.02. The Kier molecular flexibility index (Phi) is 3.92. The molecule has 0 amide bonds. The maximum Gasteiger partial charge on any atom is 0.320 e. The van der Waals surface area contributed by atoms with Gasteiger partial charge in [-0.05, 0) is 42.2 Å². The molecule has 108 valence electrons. The van der Waals surface area contributed by atoms with Gasteiger partial charge in [0.25, 0.3) is 0 Å². The van der Waals surface area contributed by atoms with Crippen LogP contribution in [0.25, 0.3) is 0 Å². The molecule has 0 saturated carbocycles. The molecule has 5 nitrogen and oxygen atoms in total. The number of carbonyl (C=O) groups is 1. The van der Waals surface area contributed by atoms with E-state index in [-0.39, 0.29) is 6.04 Å².